The number of nitrogens with one attached hydrogen (secondary N) is 2. The van der Waals surface area contributed by atoms with Crippen molar-refractivity contribution in [3.05, 3.63) is 35.9 Å². The van der Waals surface area contributed by atoms with Gasteiger partial charge in [0.25, 0.3) is 0 Å². The lowest BCUT2D eigenvalue weighted by atomic mass is 9.85. The third kappa shape index (κ3) is 8.05. The van der Waals surface area contributed by atoms with Crippen molar-refractivity contribution in [2.24, 2.45) is 5.92 Å². The lowest BCUT2D eigenvalue weighted by Crippen LogP contribution is -2.44. The third-order valence-electron chi connectivity index (χ3n) is 5.26. The molecule has 0 radical (unpaired) electrons. The van der Waals surface area contributed by atoms with Crippen LogP contribution in [0.1, 0.15) is 71.5 Å². The molecule has 1 aromatic carbocycles. The van der Waals surface area contributed by atoms with E-state index in [0.29, 0.717) is 18.9 Å². The van der Waals surface area contributed by atoms with Crippen molar-refractivity contribution in [2.45, 2.75) is 83.6 Å². The predicted molar refractivity (Wildman–Crippen MR) is 114 cm³/mol. The highest BCUT2D eigenvalue weighted by molar-refractivity contribution is 5.67. The number of ether oxygens (including phenoxy) is 2. The van der Waals surface area contributed by atoms with Gasteiger partial charge in [-0.05, 0) is 52.0 Å². The van der Waals surface area contributed by atoms with E-state index < -0.39 is 11.7 Å². The minimum atomic E-state index is -0.541. The number of benzene rings is 1. The van der Waals surface area contributed by atoms with E-state index in [1.165, 1.54) is 19.3 Å². The first-order valence-electron chi connectivity index (χ1n) is 10.7. The van der Waals surface area contributed by atoms with Crippen LogP contribution in [0.4, 0.5) is 4.79 Å². The van der Waals surface area contributed by atoms with Crippen LogP contribution in [0.15, 0.2) is 30.3 Å². The smallest absolute Gasteiger partial charge is 0.407 e. The highest BCUT2D eigenvalue weighted by Crippen LogP contribution is 2.32. The van der Waals surface area contributed by atoms with Gasteiger partial charge < -0.3 is 20.1 Å². The molecule has 0 bridgehead atoms. The molecule has 0 aromatic heterocycles. The Bertz CT molecular complexity index is 624. The molecule has 3 atom stereocenters. The summed E-state index contributed by atoms with van der Waals surface area (Å²) >= 11 is 0. The molecule has 2 N–H and O–H groups in total. The van der Waals surface area contributed by atoms with Crippen LogP contribution in [0.3, 0.4) is 0 Å². The summed E-state index contributed by atoms with van der Waals surface area (Å²) in [7, 11) is 0. The fourth-order valence-electron chi connectivity index (χ4n) is 3.84. The molecule has 29 heavy (non-hydrogen) atoms. The maximum absolute atomic E-state index is 12.2. The second kappa shape index (κ2) is 11.2. The number of carbonyl (C=O) groups excluding carboxylic acids is 2. The molecule has 0 unspecified atom stereocenters. The van der Waals surface area contributed by atoms with Crippen molar-refractivity contribution >= 4 is 12.5 Å². The Morgan fingerprint density at radius 1 is 1.17 bits per heavy atom. The first-order chi connectivity index (χ1) is 13.8. The first kappa shape index (κ1) is 23.2. The quantitative estimate of drug-likeness (QED) is 0.600. The van der Waals surface area contributed by atoms with Gasteiger partial charge >= 0.3 is 6.09 Å². The summed E-state index contributed by atoms with van der Waals surface area (Å²) in [6.07, 6.45) is 5.58. The first-order valence-corrected chi connectivity index (χ1v) is 10.7. The molecule has 6 heteroatoms. The van der Waals surface area contributed by atoms with Gasteiger partial charge in [0, 0.05) is 6.54 Å². The van der Waals surface area contributed by atoms with Gasteiger partial charge in [0.05, 0.1) is 12.1 Å². The van der Waals surface area contributed by atoms with Gasteiger partial charge in [0.2, 0.25) is 6.41 Å². The molecule has 0 heterocycles. The summed E-state index contributed by atoms with van der Waals surface area (Å²) in [4.78, 5) is 23.2. The largest absolute Gasteiger partial charge is 0.444 e. The average molecular weight is 405 g/mol. The fraction of sp³-hybridized carbons (Fsp3) is 0.652. The molecule has 0 aliphatic heterocycles. The second-order valence-electron chi connectivity index (χ2n) is 8.86. The van der Waals surface area contributed by atoms with E-state index in [-0.39, 0.29) is 18.2 Å². The number of hydrogen-bond acceptors (Lipinski definition) is 4. The Kier molecular flexibility index (Phi) is 8.96. The van der Waals surface area contributed by atoms with Crippen LogP contribution in [-0.2, 0) is 14.3 Å². The molecule has 0 saturated heterocycles. The maximum Gasteiger partial charge on any atom is 0.407 e. The fourth-order valence-corrected chi connectivity index (χ4v) is 3.84. The SMILES string of the molecule is C[C@H](NC=O)[C@H](O[C@@H](CNC(=O)OC(C)(C)C)C1CCCCC1)c1ccccc1. The van der Waals surface area contributed by atoms with Crippen LogP contribution in [0.5, 0.6) is 0 Å². The van der Waals surface area contributed by atoms with Gasteiger partial charge in [-0.3, -0.25) is 4.79 Å². The minimum absolute atomic E-state index is 0.149. The Labute approximate surface area is 174 Å². The average Bonchev–Trinajstić information content (AvgIpc) is 2.68. The van der Waals surface area contributed by atoms with Crippen molar-refractivity contribution in [3.63, 3.8) is 0 Å². The summed E-state index contributed by atoms with van der Waals surface area (Å²) in [5.74, 6) is 0.369. The van der Waals surface area contributed by atoms with Crippen molar-refractivity contribution in [3.8, 4) is 0 Å². The van der Waals surface area contributed by atoms with Gasteiger partial charge in [0.1, 0.15) is 11.7 Å². The zero-order chi connectivity index (χ0) is 21.3. The summed E-state index contributed by atoms with van der Waals surface area (Å²) < 4.78 is 12.0. The summed E-state index contributed by atoms with van der Waals surface area (Å²) in [5.41, 5.74) is 0.465. The Morgan fingerprint density at radius 3 is 2.41 bits per heavy atom. The molecule has 1 saturated carbocycles. The van der Waals surface area contributed by atoms with E-state index in [1.54, 1.807) is 0 Å². The number of alkyl carbamates (subject to hydrolysis) is 1. The van der Waals surface area contributed by atoms with Crippen LogP contribution < -0.4 is 10.6 Å². The highest BCUT2D eigenvalue weighted by Gasteiger charge is 2.31. The number of hydrogen-bond donors (Lipinski definition) is 2. The van der Waals surface area contributed by atoms with Gasteiger partial charge in [-0.15, -0.1) is 0 Å². The van der Waals surface area contributed by atoms with E-state index in [9.17, 15) is 9.59 Å². The van der Waals surface area contributed by atoms with Gasteiger partial charge in [-0.1, -0.05) is 49.6 Å². The van der Waals surface area contributed by atoms with Crippen molar-refractivity contribution < 1.29 is 19.1 Å². The monoisotopic (exact) mass is 404 g/mol. The molecule has 1 fully saturated rings. The Hall–Kier alpha value is -2.08. The normalized spacial score (nSPS) is 18.3. The molecule has 1 aromatic rings. The predicted octanol–water partition coefficient (Wildman–Crippen LogP) is 4.35. The van der Waals surface area contributed by atoms with Crippen LogP contribution in [0.2, 0.25) is 0 Å². The maximum atomic E-state index is 12.2. The van der Waals surface area contributed by atoms with Crippen molar-refractivity contribution in [1.29, 1.82) is 0 Å². The van der Waals surface area contributed by atoms with Crippen LogP contribution in [0.25, 0.3) is 0 Å². The van der Waals surface area contributed by atoms with Gasteiger partial charge in [0.15, 0.2) is 0 Å². The van der Waals surface area contributed by atoms with E-state index in [0.717, 1.165) is 18.4 Å². The Balaban J connectivity index is 2.14. The topological polar surface area (TPSA) is 76.7 Å². The molecule has 2 amide bonds. The lowest BCUT2D eigenvalue weighted by molar-refractivity contribution is -0.112. The Morgan fingerprint density at radius 2 is 1.83 bits per heavy atom. The van der Waals surface area contributed by atoms with E-state index in [1.807, 2.05) is 58.0 Å². The third-order valence-corrected chi connectivity index (χ3v) is 5.26. The zero-order valence-electron chi connectivity index (χ0n) is 18.1. The van der Waals surface area contributed by atoms with E-state index in [4.69, 9.17) is 9.47 Å². The zero-order valence-corrected chi connectivity index (χ0v) is 18.1. The number of amides is 2. The molecular formula is C23H36N2O4. The highest BCUT2D eigenvalue weighted by atomic mass is 16.6. The molecule has 162 valence electrons. The van der Waals surface area contributed by atoms with Gasteiger partial charge in [-0.2, -0.15) is 0 Å². The molecule has 6 nitrogen and oxygen atoms in total. The molecular weight excluding hydrogens is 368 g/mol. The second-order valence-corrected chi connectivity index (χ2v) is 8.86. The van der Waals surface area contributed by atoms with E-state index >= 15 is 0 Å². The summed E-state index contributed by atoms with van der Waals surface area (Å²) in [5, 5.41) is 5.72. The van der Waals surface area contributed by atoms with Crippen LogP contribution >= 0.6 is 0 Å². The van der Waals surface area contributed by atoms with Crippen molar-refractivity contribution in [1.82, 2.24) is 10.6 Å². The van der Waals surface area contributed by atoms with Crippen LogP contribution in [-0.4, -0.2) is 36.8 Å². The standard InChI is InChI=1S/C23H36N2O4/c1-17(25-16-26)21(19-13-9-6-10-14-19)28-20(18-11-7-5-8-12-18)15-24-22(27)29-23(2,3)4/h6,9-10,13-14,16-18,20-21H,5,7-8,11-12,15H2,1-4H3,(H,24,27)(H,25,26)/t17-,20-,21-/m0/s1. The molecule has 1 aliphatic rings. The molecule has 2 rings (SSSR count). The minimum Gasteiger partial charge on any atom is -0.444 e. The van der Waals surface area contributed by atoms with Gasteiger partial charge in [-0.25, -0.2) is 4.79 Å². The van der Waals surface area contributed by atoms with E-state index in [2.05, 4.69) is 10.6 Å². The summed E-state index contributed by atoms with van der Waals surface area (Å²) in [6, 6.07) is 9.71. The molecule has 0 spiro atoms. The van der Waals surface area contributed by atoms with Crippen LogP contribution in [0, 0.1) is 5.92 Å². The molecule has 1 aliphatic carbocycles. The number of rotatable bonds is 9. The van der Waals surface area contributed by atoms with Crippen molar-refractivity contribution in [2.75, 3.05) is 6.54 Å². The summed E-state index contributed by atoms with van der Waals surface area (Å²) in [6.45, 7) is 7.86. The number of carbonyl (C=O) groups is 2. The lowest BCUT2D eigenvalue weighted by Gasteiger charge is -2.35.